The summed E-state index contributed by atoms with van der Waals surface area (Å²) in [5, 5.41) is 10.00. The average molecular weight is 523 g/mol. The van der Waals surface area contributed by atoms with E-state index in [9.17, 15) is 19.5 Å². The molecule has 2 aromatic rings. The van der Waals surface area contributed by atoms with Crippen molar-refractivity contribution in [2.45, 2.75) is 85.2 Å². The summed E-state index contributed by atoms with van der Waals surface area (Å²) in [5.74, 6) is -0.702. The molecule has 0 radical (unpaired) electrons. The van der Waals surface area contributed by atoms with Gasteiger partial charge in [-0.1, -0.05) is 42.8 Å². The molecule has 1 saturated carbocycles. The molecule has 3 rings (SSSR count). The fraction of sp³-hybridized carbons (Fsp3) is 0.531. The van der Waals surface area contributed by atoms with Crippen LogP contribution < -0.4 is 4.74 Å². The third kappa shape index (κ3) is 7.31. The van der Waals surface area contributed by atoms with E-state index in [1.165, 1.54) is 12.5 Å². The minimum Gasteiger partial charge on any atom is -0.493 e. The van der Waals surface area contributed by atoms with Crippen LogP contribution in [0.5, 0.6) is 5.75 Å². The fourth-order valence-corrected chi connectivity index (χ4v) is 5.61. The molecular weight excluding hydrogens is 480 g/mol. The highest BCUT2D eigenvalue weighted by Gasteiger charge is 2.52. The number of carbonyl (C=O) groups excluding carboxylic acids is 2. The lowest BCUT2D eigenvalue weighted by Gasteiger charge is -2.44. The third-order valence-corrected chi connectivity index (χ3v) is 7.82. The van der Waals surface area contributed by atoms with Crippen LogP contribution >= 0.6 is 0 Å². The van der Waals surface area contributed by atoms with Crippen molar-refractivity contribution >= 4 is 17.5 Å². The highest BCUT2D eigenvalue weighted by molar-refractivity contribution is 5.97. The van der Waals surface area contributed by atoms with Gasteiger partial charge in [0.2, 0.25) is 0 Å². The van der Waals surface area contributed by atoms with Crippen molar-refractivity contribution in [3.63, 3.8) is 0 Å². The van der Waals surface area contributed by atoms with Crippen LogP contribution in [0.2, 0.25) is 0 Å². The van der Waals surface area contributed by atoms with Gasteiger partial charge in [0.25, 0.3) is 0 Å². The first-order valence-electron chi connectivity index (χ1n) is 13.9. The number of carboxylic acids is 1. The van der Waals surface area contributed by atoms with Gasteiger partial charge in [-0.05, 0) is 89.0 Å². The molecule has 1 aliphatic rings. The summed E-state index contributed by atoms with van der Waals surface area (Å²) in [6, 6.07) is 14.0. The summed E-state index contributed by atoms with van der Waals surface area (Å²) in [5.41, 5.74) is 2.61. The summed E-state index contributed by atoms with van der Waals surface area (Å²) in [6.45, 7) is 8.21. The molecule has 0 spiro atoms. The van der Waals surface area contributed by atoms with Crippen molar-refractivity contribution in [2.24, 2.45) is 11.3 Å². The van der Waals surface area contributed by atoms with Crippen LogP contribution in [0.4, 0.5) is 0 Å². The van der Waals surface area contributed by atoms with Crippen molar-refractivity contribution in [3.8, 4) is 5.75 Å². The first kappa shape index (κ1) is 29.6. The zero-order valence-electron chi connectivity index (χ0n) is 23.3. The van der Waals surface area contributed by atoms with Crippen LogP contribution in [0, 0.1) is 18.3 Å². The number of unbranched alkanes of at least 4 members (excludes halogenated alkanes) is 1. The number of aryl methyl sites for hydroxylation is 1. The molecule has 0 bridgehead atoms. The number of hydrogen-bond acceptors (Lipinski definition) is 5. The summed E-state index contributed by atoms with van der Waals surface area (Å²) >= 11 is 0. The van der Waals surface area contributed by atoms with E-state index in [4.69, 9.17) is 9.47 Å². The molecule has 1 unspecified atom stereocenters. The number of rotatable bonds is 16. The average Bonchev–Trinajstić information content (AvgIpc) is 2.86. The van der Waals surface area contributed by atoms with Crippen molar-refractivity contribution in [1.82, 2.24) is 0 Å². The number of hydrogen-bond donors (Lipinski definition) is 1. The second kappa shape index (κ2) is 13.7. The number of Topliss-reactive ketones (excluding diaryl/α,β-unsaturated/α-hetero) is 2. The lowest BCUT2D eigenvalue weighted by molar-refractivity contribution is -0.170. The first-order valence-corrected chi connectivity index (χ1v) is 13.9. The Kier molecular flexibility index (Phi) is 10.7. The van der Waals surface area contributed by atoms with Crippen molar-refractivity contribution in [2.75, 3.05) is 13.2 Å². The molecule has 1 N–H and O–H groups in total. The predicted octanol–water partition coefficient (Wildman–Crippen LogP) is 6.40. The number of carbonyl (C=O) groups is 3. The first-order chi connectivity index (χ1) is 18.2. The van der Waals surface area contributed by atoms with E-state index in [0.717, 1.165) is 30.4 Å². The summed E-state index contributed by atoms with van der Waals surface area (Å²) in [6.07, 6.45) is 4.64. The van der Waals surface area contributed by atoms with Gasteiger partial charge >= 0.3 is 5.97 Å². The van der Waals surface area contributed by atoms with E-state index in [0.29, 0.717) is 50.2 Å². The Balaban J connectivity index is 1.78. The van der Waals surface area contributed by atoms with Gasteiger partial charge in [-0.2, -0.15) is 0 Å². The minimum absolute atomic E-state index is 0.00457. The van der Waals surface area contributed by atoms with E-state index >= 15 is 0 Å². The molecule has 0 amide bonds. The molecule has 6 heteroatoms. The Morgan fingerprint density at radius 3 is 2.34 bits per heavy atom. The second-order valence-corrected chi connectivity index (χ2v) is 10.6. The monoisotopic (exact) mass is 522 g/mol. The zero-order valence-corrected chi connectivity index (χ0v) is 23.3. The van der Waals surface area contributed by atoms with Gasteiger partial charge < -0.3 is 14.6 Å². The number of benzene rings is 2. The minimum atomic E-state index is -1.04. The maximum atomic E-state index is 13.7. The number of aliphatic carboxylic acids is 1. The van der Waals surface area contributed by atoms with Crippen LogP contribution in [0.25, 0.3) is 0 Å². The Morgan fingerprint density at radius 1 is 1.03 bits per heavy atom. The van der Waals surface area contributed by atoms with Gasteiger partial charge in [0.1, 0.15) is 11.5 Å². The standard InChI is InChI=1S/C32H42O6/c1-5-37-27-19-32(20-27,31(35)36)21-29(34)26(15-11-10-14-24-12-8-7-9-13-24)18-25-16-17-28(23(4)33)30(22(25)3)38-6-2/h7-9,12-13,16-17,26-27H,5-6,10-11,14-15,18-21H2,1-4H3,(H,35,36). The van der Waals surface area contributed by atoms with Gasteiger partial charge in [0, 0.05) is 18.9 Å². The smallest absolute Gasteiger partial charge is 0.310 e. The molecule has 206 valence electrons. The summed E-state index contributed by atoms with van der Waals surface area (Å²) in [4.78, 5) is 38.1. The largest absolute Gasteiger partial charge is 0.493 e. The summed E-state index contributed by atoms with van der Waals surface area (Å²) < 4.78 is 11.4. The van der Waals surface area contributed by atoms with Crippen molar-refractivity contribution in [3.05, 3.63) is 64.7 Å². The second-order valence-electron chi connectivity index (χ2n) is 10.6. The highest BCUT2D eigenvalue weighted by Crippen LogP contribution is 2.47. The number of carboxylic acid groups (broad SMARTS) is 1. The molecule has 1 atom stereocenters. The van der Waals surface area contributed by atoms with E-state index in [-0.39, 0.29) is 30.0 Å². The molecule has 0 saturated heterocycles. The zero-order chi connectivity index (χ0) is 27.7. The van der Waals surface area contributed by atoms with E-state index in [1.54, 1.807) is 6.07 Å². The Hall–Kier alpha value is -2.99. The molecule has 38 heavy (non-hydrogen) atoms. The maximum absolute atomic E-state index is 13.7. The molecule has 0 aromatic heterocycles. The van der Waals surface area contributed by atoms with Crippen LogP contribution in [0.3, 0.4) is 0 Å². The van der Waals surface area contributed by atoms with Gasteiger partial charge in [0.05, 0.1) is 23.7 Å². The SMILES string of the molecule is CCOc1c(C(C)=O)ccc(CC(CCCCc2ccccc2)C(=O)CC2(C(=O)O)CC(OCC)C2)c1C. The molecule has 2 aromatic carbocycles. The Morgan fingerprint density at radius 2 is 1.74 bits per heavy atom. The Labute approximate surface area is 226 Å². The summed E-state index contributed by atoms with van der Waals surface area (Å²) in [7, 11) is 0. The normalized spacial score (nSPS) is 19.4. The molecule has 1 aliphatic carbocycles. The van der Waals surface area contributed by atoms with Gasteiger partial charge in [0.15, 0.2) is 5.78 Å². The maximum Gasteiger partial charge on any atom is 0.310 e. The van der Waals surface area contributed by atoms with Gasteiger partial charge in [-0.15, -0.1) is 0 Å². The number of ketones is 2. The third-order valence-electron chi connectivity index (χ3n) is 7.82. The predicted molar refractivity (Wildman–Crippen MR) is 148 cm³/mol. The topological polar surface area (TPSA) is 89.9 Å². The van der Waals surface area contributed by atoms with Crippen molar-refractivity contribution in [1.29, 1.82) is 0 Å². The lowest BCUT2D eigenvalue weighted by atomic mass is 9.62. The van der Waals surface area contributed by atoms with Crippen LogP contribution in [0.15, 0.2) is 42.5 Å². The molecular formula is C32H42O6. The molecule has 0 heterocycles. The van der Waals surface area contributed by atoms with E-state index in [1.807, 2.05) is 45.0 Å². The quantitative estimate of drug-likeness (QED) is 0.203. The number of ether oxygens (including phenoxy) is 2. The van der Waals surface area contributed by atoms with E-state index in [2.05, 4.69) is 12.1 Å². The van der Waals surface area contributed by atoms with Crippen LogP contribution in [0.1, 0.15) is 86.3 Å². The van der Waals surface area contributed by atoms with Crippen molar-refractivity contribution < 1.29 is 29.0 Å². The molecule has 1 fully saturated rings. The van der Waals surface area contributed by atoms with Crippen LogP contribution in [-0.4, -0.2) is 42.0 Å². The Bertz CT molecular complexity index is 1100. The van der Waals surface area contributed by atoms with Gasteiger partial charge in [-0.25, -0.2) is 0 Å². The highest BCUT2D eigenvalue weighted by atomic mass is 16.5. The molecule has 0 aliphatic heterocycles. The molecule has 6 nitrogen and oxygen atoms in total. The lowest BCUT2D eigenvalue weighted by Crippen LogP contribution is -2.50. The van der Waals surface area contributed by atoms with Crippen LogP contribution in [-0.2, 0) is 27.2 Å². The fourth-order valence-electron chi connectivity index (χ4n) is 5.61. The van der Waals surface area contributed by atoms with E-state index < -0.39 is 11.4 Å². The van der Waals surface area contributed by atoms with Gasteiger partial charge in [-0.3, -0.25) is 14.4 Å².